The van der Waals surface area contributed by atoms with Gasteiger partial charge < -0.3 is 10.3 Å². The zero-order valence-electron chi connectivity index (χ0n) is 9.70. The van der Waals surface area contributed by atoms with Gasteiger partial charge in [0, 0.05) is 17.4 Å². The van der Waals surface area contributed by atoms with Gasteiger partial charge in [-0.05, 0) is 24.3 Å². The van der Waals surface area contributed by atoms with Gasteiger partial charge in [0.2, 0.25) is 5.91 Å². The average Bonchev–Trinajstić information content (AvgIpc) is 2.30. The van der Waals surface area contributed by atoms with Gasteiger partial charge in [-0.1, -0.05) is 0 Å². The van der Waals surface area contributed by atoms with E-state index in [0.29, 0.717) is 5.69 Å². The fraction of sp³-hybridized carbons (Fsp3) is 0.0833. The molecule has 0 saturated heterocycles. The van der Waals surface area contributed by atoms with E-state index in [1.54, 1.807) is 0 Å². The number of amides is 1. The molecular formula is C12H10FN3O3. The van der Waals surface area contributed by atoms with Gasteiger partial charge in [0.15, 0.2) is 0 Å². The molecule has 0 bridgehead atoms. The van der Waals surface area contributed by atoms with Crippen LogP contribution in [0.5, 0.6) is 0 Å². The van der Waals surface area contributed by atoms with Gasteiger partial charge in [-0.15, -0.1) is 0 Å². The Morgan fingerprint density at radius 3 is 2.47 bits per heavy atom. The van der Waals surface area contributed by atoms with Crippen LogP contribution in [0.1, 0.15) is 5.69 Å². The lowest BCUT2D eigenvalue weighted by Crippen LogP contribution is -2.25. The number of nitrogens with one attached hydrogen (secondary N) is 3. The van der Waals surface area contributed by atoms with Crippen LogP contribution in [0.25, 0.3) is 0 Å². The van der Waals surface area contributed by atoms with Crippen molar-refractivity contribution in [3.05, 3.63) is 62.7 Å². The van der Waals surface area contributed by atoms with Crippen LogP contribution in [0.4, 0.5) is 10.1 Å². The normalized spacial score (nSPS) is 10.2. The third kappa shape index (κ3) is 3.63. The molecule has 0 aliphatic carbocycles. The van der Waals surface area contributed by atoms with Crippen molar-refractivity contribution in [2.75, 3.05) is 5.32 Å². The van der Waals surface area contributed by atoms with Gasteiger partial charge in [-0.25, -0.2) is 9.18 Å². The Bertz CT molecular complexity index is 675. The Labute approximate surface area is 106 Å². The van der Waals surface area contributed by atoms with Crippen LogP contribution in [-0.2, 0) is 11.2 Å². The predicted molar refractivity (Wildman–Crippen MR) is 66.4 cm³/mol. The van der Waals surface area contributed by atoms with Crippen molar-refractivity contribution in [3.8, 4) is 0 Å². The van der Waals surface area contributed by atoms with Crippen LogP contribution in [0.3, 0.4) is 0 Å². The molecule has 98 valence electrons. The molecule has 19 heavy (non-hydrogen) atoms. The molecule has 1 aromatic heterocycles. The number of H-pyrrole nitrogens is 2. The van der Waals surface area contributed by atoms with E-state index in [0.717, 1.165) is 6.07 Å². The molecule has 0 saturated carbocycles. The van der Waals surface area contributed by atoms with Gasteiger partial charge in [-0.3, -0.25) is 14.6 Å². The van der Waals surface area contributed by atoms with E-state index in [9.17, 15) is 18.8 Å². The van der Waals surface area contributed by atoms with Gasteiger partial charge in [-0.2, -0.15) is 0 Å². The van der Waals surface area contributed by atoms with Crippen LogP contribution >= 0.6 is 0 Å². The van der Waals surface area contributed by atoms with E-state index < -0.39 is 23.0 Å². The van der Waals surface area contributed by atoms with Crippen LogP contribution in [0.15, 0.2) is 39.9 Å². The lowest BCUT2D eigenvalue weighted by Gasteiger charge is -2.04. The van der Waals surface area contributed by atoms with Crippen molar-refractivity contribution >= 4 is 11.6 Å². The molecule has 6 nitrogen and oxygen atoms in total. The molecule has 0 aliphatic heterocycles. The van der Waals surface area contributed by atoms with Crippen molar-refractivity contribution in [1.82, 2.24) is 9.97 Å². The molecule has 3 N–H and O–H groups in total. The highest BCUT2D eigenvalue weighted by atomic mass is 19.1. The van der Waals surface area contributed by atoms with Crippen molar-refractivity contribution in [2.24, 2.45) is 0 Å². The zero-order chi connectivity index (χ0) is 13.8. The van der Waals surface area contributed by atoms with Crippen LogP contribution in [0, 0.1) is 5.82 Å². The molecule has 2 aromatic rings. The Kier molecular flexibility index (Phi) is 3.56. The molecule has 0 fully saturated rings. The van der Waals surface area contributed by atoms with E-state index in [2.05, 4.69) is 10.3 Å². The number of benzene rings is 1. The second-order valence-corrected chi connectivity index (χ2v) is 3.84. The maximum Gasteiger partial charge on any atom is 0.325 e. The number of aromatic nitrogens is 2. The summed E-state index contributed by atoms with van der Waals surface area (Å²) in [6, 6.07) is 6.38. The summed E-state index contributed by atoms with van der Waals surface area (Å²) in [6.45, 7) is 0. The largest absolute Gasteiger partial charge is 0.326 e. The van der Waals surface area contributed by atoms with Crippen molar-refractivity contribution in [2.45, 2.75) is 6.42 Å². The first-order valence-corrected chi connectivity index (χ1v) is 5.41. The minimum atomic E-state index is -0.669. The van der Waals surface area contributed by atoms with Gasteiger partial charge in [0.1, 0.15) is 5.82 Å². The van der Waals surface area contributed by atoms with Crippen LogP contribution in [0.2, 0.25) is 0 Å². The first-order chi connectivity index (χ1) is 9.02. The first-order valence-electron chi connectivity index (χ1n) is 5.41. The molecule has 1 aromatic carbocycles. The predicted octanol–water partition coefficient (Wildman–Crippen LogP) is 0.384. The second-order valence-electron chi connectivity index (χ2n) is 3.84. The van der Waals surface area contributed by atoms with Crippen LogP contribution < -0.4 is 16.6 Å². The molecule has 0 radical (unpaired) electrons. The summed E-state index contributed by atoms with van der Waals surface area (Å²) < 4.78 is 12.7. The lowest BCUT2D eigenvalue weighted by molar-refractivity contribution is -0.115. The molecule has 0 spiro atoms. The smallest absolute Gasteiger partial charge is 0.325 e. The second kappa shape index (κ2) is 5.30. The van der Waals surface area contributed by atoms with E-state index in [1.165, 1.54) is 24.3 Å². The molecule has 1 heterocycles. The van der Waals surface area contributed by atoms with E-state index in [-0.39, 0.29) is 12.1 Å². The third-order valence-electron chi connectivity index (χ3n) is 2.30. The SMILES string of the molecule is O=C(Cc1cc(=O)[nH]c(=O)[nH]1)Nc1ccc(F)cc1. The standard InChI is InChI=1S/C12H10FN3O3/c13-7-1-3-8(4-2-7)14-10(17)5-9-6-11(18)16-12(19)15-9/h1-4,6H,5H2,(H,14,17)(H2,15,16,18,19). The number of rotatable bonds is 3. The van der Waals surface area contributed by atoms with Gasteiger partial charge in [0.25, 0.3) is 5.56 Å². The van der Waals surface area contributed by atoms with E-state index >= 15 is 0 Å². The van der Waals surface area contributed by atoms with Gasteiger partial charge >= 0.3 is 5.69 Å². The van der Waals surface area contributed by atoms with E-state index in [1.807, 2.05) is 4.98 Å². The zero-order valence-corrected chi connectivity index (χ0v) is 9.70. The molecular weight excluding hydrogens is 253 g/mol. The number of aromatic amines is 2. The number of anilines is 1. The fourth-order valence-corrected chi connectivity index (χ4v) is 1.53. The van der Waals surface area contributed by atoms with Gasteiger partial charge in [0.05, 0.1) is 6.42 Å². The monoisotopic (exact) mass is 263 g/mol. The number of carbonyl (C=O) groups excluding carboxylic acids is 1. The summed E-state index contributed by atoms with van der Waals surface area (Å²) in [7, 11) is 0. The minimum Gasteiger partial charge on any atom is -0.326 e. The maximum atomic E-state index is 12.7. The number of hydrogen-bond acceptors (Lipinski definition) is 3. The minimum absolute atomic E-state index is 0.156. The average molecular weight is 263 g/mol. The molecule has 0 aliphatic rings. The summed E-state index contributed by atoms with van der Waals surface area (Å²) in [5.41, 5.74) is -0.614. The van der Waals surface area contributed by atoms with E-state index in [4.69, 9.17) is 0 Å². The summed E-state index contributed by atoms with van der Waals surface area (Å²) in [5, 5.41) is 2.52. The third-order valence-corrected chi connectivity index (χ3v) is 2.30. The topological polar surface area (TPSA) is 94.8 Å². The lowest BCUT2D eigenvalue weighted by atomic mass is 10.2. The van der Waals surface area contributed by atoms with Crippen LogP contribution in [-0.4, -0.2) is 15.9 Å². The summed E-state index contributed by atoms with van der Waals surface area (Å²) in [6.07, 6.45) is -0.156. The Morgan fingerprint density at radius 2 is 1.84 bits per heavy atom. The molecule has 0 atom stereocenters. The number of carbonyl (C=O) groups is 1. The highest BCUT2D eigenvalue weighted by Gasteiger charge is 2.06. The Balaban J connectivity index is 2.07. The first kappa shape index (κ1) is 12.7. The number of halogens is 1. The molecule has 1 amide bonds. The molecule has 2 rings (SSSR count). The summed E-state index contributed by atoms with van der Waals surface area (Å²) in [5.74, 6) is -0.829. The highest BCUT2D eigenvalue weighted by molar-refractivity contribution is 5.91. The van der Waals surface area contributed by atoms with Crippen molar-refractivity contribution < 1.29 is 9.18 Å². The molecule has 7 heteroatoms. The fourth-order valence-electron chi connectivity index (χ4n) is 1.53. The molecule has 0 unspecified atom stereocenters. The Hall–Kier alpha value is -2.70. The summed E-state index contributed by atoms with van der Waals surface area (Å²) >= 11 is 0. The highest BCUT2D eigenvalue weighted by Crippen LogP contribution is 2.08. The van der Waals surface area contributed by atoms with Crippen molar-refractivity contribution in [1.29, 1.82) is 0 Å². The van der Waals surface area contributed by atoms with Crippen molar-refractivity contribution in [3.63, 3.8) is 0 Å². The number of hydrogen-bond donors (Lipinski definition) is 3. The maximum absolute atomic E-state index is 12.7. The summed E-state index contributed by atoms with van der Waals surface area (Å²) in [4.78, 5) is 38.0. The Morgan fingerprint density at radius 1 is 1.16 bits per heavy atom. The quantitative estimate of drug-likeness (QED) is 0.747.